The Morgan fingerprint density at radius 1 is 1.15 bits per heavy atom. The minimum Gasteiger partial charge on any atom is -0.376 e. The van der Waals surface area contributed by atoms with E-state index in [9.17, 15) is 9.59 Å². The molecule has 6 nitrogen and oxygen atoms in total. The number of anilines is 1. The van der Waals surface area contributed by atoms with Gasteiger partial charge in [0.05, 0.1) is 12.6 Å². The van der Waals surface area contributed by atoms with Crippen LogP contribution in [0.25, 0.3) is 0 Å². The minimum atomic E-state index is -0.272. The normalized spacial score (nSPS) is 16.3. The van der Waals surface area contributed by atoms with Gasteiger partial charge in [0, 0.05) is 34.2 Å². The summed E-state index contributed by atoms with van der Waals surface area (Å²) in [4.78, 5) is 26.4. The van der Waals surface area contributed by atoms with E-state index >= 15 is 0 Å². The number of amides is 3. The SMILES string of the molecule is Cc1ccc(CNC(=O)Nc2ccc(C(=O)NC[C@@H]3CCCO3)cc2)s1. The Bertz CT molecular complexity index is 752. The van der Waals surface area contributed by atoms with E-state index in [-0.39, 0.29) is 18.0 Å². The molecule has 3 N–H and O–H groups in total. The van der Waals surface area contributed by atoms with Crippen LogP contribution < -0.4 is 16.0 Å². The molecule has 0 unspecified atom stereocenters. The fourth-order valence-corrected chi connectivity index (χ4v) is 3.57. The lowest BCUT2D eigenvalue weighted by atomic mass is 10.2. The van der Waals surface area contributed by atoms with Gasteiger partial charge in [-0.2, -0.15) is 0 Å². The second kappa shape index (κ2) is 8.82. The first-order valence-electron chi connectivity index (χ1n) is 8.70. The summed E-state index contributed by atoms with van der Waals surface area (Å²) in [7, 11) is 0. The van der Waals surface area contributed by atoms with Crippen molar-refractivity contribution in [2.24, 2.45) is 0 Å². The van der Waals surface area contributed by atoms with E-state index < -0.39 is 0 Å². The predicted octanol–water partition coefficient (Wildman–Crippen LogP) is 3.29. The van der Waals surface area contributed by atoms with Gasteiger partial charge in [0.2, 0.25) is 0 Å². The van der Waals surface area contributed by atoms with Gasteiger partial charge in [-0.05, 0) is 56.2 Å². The highest BCUT2D eigenvalue weighted by molar-refractivity contribution is 7.11. The van der Waals surface area contributed by atoms with E-state index in [0.29, 0.717) is 24.3 Å². The quantitative estimate of drug-likeness (QED) is 0.727. The summed E-state index contributed by atoms with van der Waals surface area (Å²) in [5.41, 5.74) is 1.20. The third-order valence-corrected chi connectivity index (χ3v) is 5.14. The Balaban J connectivity index is 1.44. The third-order valence-electron chi connectivity index (χ3n) is 4.14. The molecule has 3 rings (SSSR count). The van der Waals surface area contributed by atoms with Gasteiger partial charge >= 0.3 is 6.03 Å². The average Bonchev–Trinajstić information content (AvgIpc) is 3.30. The van der Waals surface area contributed by atoms with Gasteiger partial charge in [0.15, 0.2) is 0 Å². The van der Waals surface area contributed by atoms with Crippen LogP contribution in [-0.4, -0.2) is 31.2 Å². The highest BCUT2D eigenvalue weighted by atomic mass is 32.1. The molecule has 26 heavy (non-hydrogen) atoms. The number of hydrogen-bond acceptors (Lipinski definition) is 4. The molecule has 1 aromatic heterocycles. The van der Waals surface area contributed by atoms with Crippen LogP contribution in [0.2, 0.25) is 0 Å². The summed E-state index contributed by atoms with van der Waals surface area (Å²) >= 11 is 1.66. The number of nitrogens with one attached hydrogen (secondary N) is 3. The Hall–Kier alpha value is -2.38. The van der Waals surface area contributed by atoms with Crippen molar-refractivity contribution in [3.8, 4) is 0 Å². The molecule has 2 aromatic rings. The number of carbonyl (C=O) groups is 2. The second-order valence-corrected chi connectivity index (χ2v) is 7.61. The van der Waals surface area contributed by atoms with Crippen LogP contribution in [0.5, 0.6) is 0 Å². The maximum absolute atomic E-state index is 12.1. The van der Waals surface area contributed by atoms with Crippen LogP contribution >= 0.6 is 11.3 Å². The van der Waals surface area contributed by atoms with Crippen molar-refractivity contribution in [1.29, 1.82) is 0 Å². The molecule has 0 radical (unpaired) electrons. The highest BCUT2D eigenvalue weighted by Gasteiger charge is 2.16. The van der Waals surface area contributed by atoms with Gasteiger partial charge in [-0.1, -0.05) is 0 Å². The third kappa shape index (κ3) is 5.31. The van der Waals surface area contributed by atoms with Gasteiger partial charge in [-0.25, -0.2) is 4.79 Å². The zero-order valence-corrected chi connectivity index (χ0v) is 15.5. The van der Waals surface area contributed by atoms with Crippen molar-refractivity contribution >= 4 is 29.0 Å². The molecular weight excluding hydrogens is 350 g/mol. The summed E-state index contributed by atoms with van der Waals surface area (Å²) < 4.78 is 5.49. The lowest BCUT2D eigenvalue weighted by Gasteiger charge is -2.11. The van der Waals surface area contributed by atoms with E-state index in [1.165, 1.54) is 4.88 Å². The molecule has 1 aliphatic heterocycles. The smallest absolute Gasteiger partial charge is 0.319 e. The van der Waals surface area contributed by atoms with Gasteiger partial charge in [-0.3, -0.25) is 4.79 Å². The van der Waals surface area contributed by atoms with Crippen LogP contribution in [0.4, 0.5) is 10.5 Å². The number of thiophene rings is 1. The first kappa shape index (κ1) is 18.4. The van der Waals surface area contributed by atoms with E-state index in [4.69, 9.17) is 4.74 Å². The van der Waals surface area contributed by atoms with Gasteiger partial charge in [-0.15, -0.1) is 11.3 Å². The summed E-state index contributed by atoms with van der Waals surface area (Å²) in [6.07, 6.45) is 2.16. The molecule has 1 saturated heterocycles. The van der Waals surface area contributed by atoms with Crippen molar-refractivity contribution in [1.82, 2.24) is 10.6 Å². The average molecular weight is 373 g/mol. The number of rotatable bonds is 6. The Kier molecular flexibility index (Phi) is 6.25. The summed E-state index contributed by atoms with van der Waals surface area (Å²) in [5, 5.41) is 8.46. The number of hydrogen-bond donors (Lipinski definition) is 3. The van der Waals surface area contributed by atoms with Crippen LogP contribution in [0.3, 0.4) is 0 Å². The standard InChI is InChI=1S/C19H23N3O3S/c1-13-4-9-17(26-13)12-21-19(24)22-15-7-5-14(6-8-15)18(23)20-11-16-3-2-10-25-16/h4-9,16H,2-3,10-12H2,1H3,(H,20,23)(H2,21,22,24)/t16-/m0/s1. The number of urea groups is 1. The molecule has 1 aliphatic rings. The number of benzene rings is 1. The van der Waals surface area contributed by atoms with E-state index in [1.54, 1.807) is 35.6 Å². The van der Waals surface area contributed by atoms with Crippen molar-refractivity contribution in [2.75, 3.05) is 18.5 Å². The molecule has 7 heteroatoms. The second-order valence-electron chi connectivity index (χ2n) is 6.24. The zero-order chi connectivity index (χ0) is 18.4. The van der Waals surface area contributed by atoms with Crippen LogP contribution in [0, 0.1) is 6.92 Å². The van der Waals surface area contributed by atoms with Crippen molar-refractivity contribution in [2.45, 2.75) is 32.4 Å². The molecule has 3 amide bonds. The molecule has 1 fully saturated rings. The van der Waals surface area contributed by atoms with E-state index in [2.05, 4.69) is 16.0 Å². The Labute approximate surface area is 156 Å². The van der Waals surface area contributed by atoms with Gasteiger partial charge in [0.25, 0.3) is 5.91 Å². The molecule has 1 aromatic carbocycles. The Morgan fingerprint density at radius 3 is 2.62 bits per heavy atom. The lowest BCUT2D eigenvalue weighted by molar-refractivity contribution is 0.0858. The van der Waals surface area contributed by atoms with Crippen molar-refractivity contribution in [3.05, 3.63) is 51.7 Å². The molecule has 0 bridgehead atoms. The van der Waals surface area contributed by atoms with E-state index in [0.717, 1.165) is 24.3 Å². The lowest BCUT2D eigenvalue weighted by Crippen LogP contribution is -2.31. The fourth-order valence-electron chi connectivity index (χ4n) is 2.74. The maximum atomic E-state index is 12.1. The first-order valence-corrected chi connectivity index (χ1v) is 9.52. The molecule has 0 spiro atoms. The molecule has 0 aliphatic carbocycles. The number of aryl methyl sites for hydroxylation is 1. The fraction of sp³-hybridized carbons (Fsp3) is 0.368. The highest BCUT2D eigenvalue weighted by Crippen LogP contribution is 2.15. The number of ether oxygens (including phenoxy) is 1. The summed E-state index contributed by atoms with van der Waals surface area (Å²) in [6.45, 7) is 3.83. The molecule has 0 saturated carbocycles. The van der Waals surface area contributed by atoms with Crippen LogP contribution in [-0.2, 0) is 11.3 Å². The van der Waals surface area contributed by atoms with E-state index in [1.807, 2.05) is 19.1 Å². The van der Waals surface area contributed by atoms with Crippen molar-refractivity contribution < 1.29 is 14.3 Å². The minimum absolute atomic E-state index is 0.121. The monoisotopic (exact) mass is 373 g/mol. The Morgan fingerprint density at radius 2 is 1.96 bits per heavy atom. The molecule has 1 atom stereocenters. The number of carbonyl (C=O) groups excluding carboxylic acids is 2. The summed E-state index contributed by atoms with van der Waals surface area (Å²) in [6, 6.07) is 10.6. The van der Waals surface area contributed by atoms with Crippen LogP contribution in [0.15, 0.2) is 36.4 Å². The molecule has 138 valence electrons. The zero-order valence-electron chi connectivity index (χ0n) is 14.7. The van der Waals surface area contributed by atoms with Crippen LogP contribution in [0.1, 0.15) is 33.0 Å². The summed E-state index contributed by atoms with van der Waals surface area (Å²) in [5.74, 6) is -0.135. The topological polar surface area (TPSA) is 79.5 Å². The molecule has 2 heterocycles. The largest absolute Gasteiger partial charge is 0.376 e. The predicted molar refractivity (Wildman–Crippen MR) is 103 cm³/mol. The maximum Gasteiger partial charge on any atom is 0.319 e. The van der Waals surface area contributed by atoms with Gasteiger partial charge in [0.1, 0.15) is 0 Å². The first-order chi connectivity index (χ1) is 12.6. The van der Waals surface area contributed by atoms with Crippen molar-refractivity contribution in [3.63, 3.8) is 0 Å². The van der Waals surface area contributed by atoms with Gasteiger partial charge < -0.3 is 20.7 Å². The molecular formula is C19H23N3O3S.